The summed E-state index contributed by atoms with van der Waals surface area (Å²) in [7, 11) is 0. The molecule has 0 atom stereocenters. The van der Waals surface area contributed by atoms with Gasteiger partial charge in [0.2, 0.25) is 0 Å². The summed E-state index contributed by atoms with van der Waals surface area (Å²) in [6.07, 6.45) is -2.54. The molecule has 1 aromatic carbocycles. The first-order chi connectivity index (χ1) is 8.39. The Bertz CT molecular complexity index is 405. The Hall–Kier alpha value is -1.72. The zero-order valence-corrected chi connectivity index (χ0v) is 9.76. The van der Waals surface area contributed by atoms with Gasteiger partial charge in [0, 0.05) is 6.42 Å². The van der Waals surface area contributed by atoms with Gasteiger partial charge in [-0.3, -0.25) is 5.41 Å². The molecule has 1 aromatic rings. The Morgan fingerprint density at radius 2 is 2.00 bits per heavy atom. The van der Waals surface area contributed by atoms with Crippen LogP contribution < -0.4 is 10.5 Å². The van der Waals surface area contributed by atoms with Gasteiger partial charge in [-0.05, 0) is 31.0 Å². The minimum absolute atomic E-state index is 0.106. The second kappa shape index (κ2) is 6.28. The SMILES string of the molecule is N=C(N)CCCCOc1cccc(C(F)(F)F)c1. The summed E-state index contributed by atoms with van der Waals surface area (Å²) >= 11 is 0. The van der Waals surface area contributed by atoms with Crippen LogP contribution in [0.1, 0.15) is 24.8 Å². The summed E-state index contributed by atoms with van der Waals surface area (Å²) in [5.74, 6) is 0.307. The highest BCUT2D eigenvalue weighted by Crippen LogP contribution is 2.31. The van der Waals surface area contributed by atoms with Crippen molar-refractivity contribution in [1.82, 2.24) is 0 Å². The van der Waals surface area contributed by atoms with Crippen molar-refractivity contribution in [2.75, 3.05) is 6.61 Å². The van der Waals surface area contributed by atoms with Gasteiger partial charge < -0.3 is 10.5 Å². The van der Waals surface area contributed by atoms with Crippen molar-refractivity contribution >= 4 is 5.84 Å². The molecule has 3 N–H and O–H groups in total. The summed E-state index contributed by atoms with van der Waals surface area (Å²) in [6, 6.07) is 4.78. The molecule has 18 heavy (non-hydrogen) atoms. The molecule has 0 aliphatic rings. The number of nitrogens with two attached hydrogens (primary N) is 1. The Morgan fingerprint density at radius 3 is 2.61 bits per heavy atom. The fraction of sp³-hybridized carbons (Fsp3) is 0.417. The van der Waals surface area contributed by atoms with Crippen LogP contribution in [0.3, 0.4) is 0 Å². The van der Waals surface area contributed by atoms with Gasteiger partial charge in [0.25, 0.3) is 0 Å². The van der Waals surface area contributed by atoms with Crippen LogP contribution in [0.25, 0.3) is 0 Å². The number of nitrogens with one attached hydrogen (secondary N) is 1. The lowest BCUT2D eigenvalue weighted by Gasteiger charge is -2.10. The lowest BCUT2D eigenvalue weighted by Crippen LogP contribution is -2.09. The van der Waals surface area contributed by atoms with E-state index in [9.17, 15) is 13.2 Å². The number of ether oxygens (including phenoxy) is 1. The van der Waals surface area contributed by atoms with Gasteiger partial charge >= 0.3 is 6.18 Å². The molecule has 0 amide bonds. The highest BCUT2D eigenvalue weighted by Gasteiger charge is 2.30. The van der Waals surface area contributed by atoms with Crippen LogP contribution in [-0.4, -0.2) is 12.4 Å². The molecule has 0 radical (unpaired) electrons. The number of benzene rings is 1. The molecule has 0 saturated carbocycles. The van der Waals surface area contributed by atoms with Crippen molar-refractivity contribution in [3.63, 3.8) is 0 Å². The van der Waals surface area contributed by atoms with E-state index in [-0.39, 0.29) is 11.6 Å². The van der Waals surface area contributed by atoms with Gasteiger partial charge in [0.05, 0.1) is 18.0 Å². The number of unbranched alkanes of at least 4 members (excludes halogenated alkanes) is 1. The Morgan fingerprint density at radius 1 is 1.28 bits per heavy atom. The van der Waals surface area contributed by atoms with Gasteiger partial charge in [-0.1, -0.05) is 6.07 Å². The fourth-order valence-electron chi connectivity index (χ4n) is 1.37. The number of alkyl halides is 3. The molecule has 0 fully saturated rings. The Labute approximate surface area is 103 Å². The quantitative estimate of drug-likeness (QED) is 0.469. The van der Waals surface area contributed by atoms with E-state index >= 15 is 0 Å². The van der Waals surface area contributed by atoms with E-state index in [2.05, 4.69) is 0 Å². The smallest absolute Gasteiger partial charge is 0.416 e. The normalized spacial score (nSPS) is 11.3. The molecule has 0 bridgehead atoms. The maximum atomic E-state index is 12.4. The van der Waals surface area contributed by atoms with Crippen LogP contribution in [0.4, 0.5) is 13.2 Å². The van der Waals surface area contributed by atoms with Crippen molar-refractivity contribution in [2.45, 2.75) is 25.4 Å². The van der Waals surface area contributed by atoms with Crippen molar-refractivity contribution in [2.24, 2.45) is 5.73 Å². The standard InChI is InChI=1S/C12H15F3N2O/c13-12(14,15)9-4-3-5-10(8-9)18-7-2-1-6-11(16)17/h3-5,8H,1-2,6-7H2,(H3,16,17). The van der Waals surface area contributed by atoms with E-state index in [1.807, 2.05) is 0 Å². The zero-order chi connectivity index (χ0) is 13.6. The molecule has 0 saturated heterocycles. The van der Waals surface area contributed by atoms with Crippen LogP contribution in [0.2, 0.25) is 0 Å². The number of rotatable bonds is 6. The number of hydrogen-bond donors (Lipinski definition) is 2. The molecule has 0 heterocycles. The van der Waals surface area contributed by atoms with Crippen LogP contribution in [0, 0.1) is 5.41 Å². The summed E-state index contributed by atoms with van der Waals surface area (Å²) < 4.78 is 42.4. The van der Waals surface area contributed by atoms with E-state index in [0.29, 0.717) is 25.9 Å². The first-order valence-corrected chi connectivity index (χ1v) is 5.52. The third-order valence-electron chi connectivity index (χ3n) is 2.27. The third-order valence-corrected chi connectivity index (χ3v) is 2.27. The second-order valence-corrected chi connectivity index (χ2v) is 3.86. The van der Waals surface area contributed by atoms with Gasteiger partial charge in [0.1, 0.15) is 5.75 Å². The van der Waals surface area contributed by atoms with Crippen molar-refractivity contribution in [3.05, 3.63) is 29.8 Å². The third kappa shape index (κ3) is 5.07. The van der Waals surface area contributed by atoms with Crippen LogP contribution in [-0.2, 0) is 6.18 Å². The first kappa shape index (κ1) is 14.3. The molecule has 100 valence electrons. The molecule has 0 aromatic heterocycles. The van der Waals surface area contributed by atoms with Crippen molar-refractivity contribution < 1.29 is 17.9 Å². The maximum Gasteiger partial charge on any atom is 0.416 e. The van der Waals surface area contributed by atoms with Crippen LogP contribution >= 0.6 is 0 Å². The first-order valence-electron chi connectivity index (χ1n) is 5.52. The molecule has 6 heteroatoms. The average Bonchev–Trinajstić information content (AvgIpc) is 2.27. The Balaban J connectivity index is 2.41. The minimum atomic E-state index is -4.35. The second-order valence-electron chi connectivity index (χ2n) is 3.86. The molecule has 0 aliphatic heterocycles. The highest BCUT2D eigenvalue weighted by molar-refractivity contribution is 5.76. The van der Waals surface area contributed by atoms with Gasteiger partial charge in [0.15, 0.2) is 0 Å². The van der Waals surface area contributed by atoms with E-state index in [1.165, 1.54) is 12.1 Å². The summed E-state index contributed by atoms with van der Waals surface area (Å²) in [5, 5.41) is 7.00. The summed E-state index contributed by atoms with van der Waals surface area (Å²) in [4.78, 5) is 0. The predicted molar refractivity (Wildman–Crippen MR) is 62.7 cm³/mol. The van der Waals surface area contributed by atoms with E-state index in [0.717, 1.165) is 12.1 Å². The van der Waals surface area contributed by atoms with Gasteiger partial charge in [-0.15, -0.1) is 0 Å². The molecule has 3 nitrogen and oxygen atoms in total. The maximum absolute atomic E-state index is 12.4. The molecule has 0 unspecified atom stereocenters. The molecule has 0 spiro atoms. The largest absolute Gasteiger partial charge is 0.494 e. The van der Waals surface area contributed by atoms with Gasteiger partial charge in [-0.25, -0.2) is 0 Å². The zero-order valence-electron chi connectivity index (χ0n) is 9.76. The topological polar surface area (TPSA) is 59.1 Å². The van der Waals surface area contributed by atoms with Crippen molar-refractivity contribution in [1.29, 1.82) is 5.41 Å². The molecule has 1 rings (SSSR count). The number of amidine groups is 1. The molecule has 0 aliphatic carbocycles. The molecular weight excluding hydrogens is 245 g/mol. The van der Waals surface area contributed by atoms with Gasteiger partial charge in [-0.2, -0.15) is 13.2 Å². The average molecular weight is 260 g/mol. The van der Waals surface area contributed by atoms with Crippen LogP contribution in [0.5, 0.6) is 5.75 Å². The lowest BCUT2D eigenvalue weighted by molar-refractivity contribution is -0.137. The van der Waals surface area contributed by atoms with E-state index in [1.54, 1.807) is 0 Å². The summed E-state index contributed by atoms with van der Waals surface area (Å²) in [6.45, 7) is 0.314. The van der Waals surface area contributed by atoms with Crippen molar-refractivity contribution in [3.8, 4) is 5.75 Å². The number of halogens is 3. The van der Waals surface area contributed by atoms with Crippen LogP contribution in [0.15, 0.2) is 24.3 Å². The Kier molecular flexibility index (Phi) is 5.00. The minimum Gasteiger partial charge on any atom is -0.494 e. The summed E-state index contributed by atoms with van der Waals surface area (Å²) in [5.41, 5.74) is 4.45. The monoisotopic (exact) mass is 260 g/mol. The van der Waals surface area contributed by atoms with E-state index < -0.39 is 11.7 Å². The lowest BCUT2D eigenvalue weighted by atomic mass is 10.2. The predicted octanol–water partition coefficient (Wildman–Crippen LogP) is 3.19. The fourth-order valence-corrected chi connectivity index (χ4v) is 1.37. The van der Waals surface area contributed by atoms with E-state index in [4.69, 9.17) is 15.9 Å². The number of hydrogen-bond acceptors (Lipinski definition) is 2. The molecular formula is C12H15F3N2O. The highest BCUT2D eigenvalue weighted by atomic mass is 19.4.